The molecule has 0 spiro atoms. The lowest BCUT2D eigenvalue weighted by molar-refractivity contribution is -0.145. The van der Waals surface area contributed by atoms with Crippen LogP contribution in [0, 0.1) is 0 Å². The molecule has 1 aliphatic rings. The summed E-state index contributed by atoms with van der Waals surface area (Å²) in [6, 6.07) is 0. The predicted octanol–water partition coefficient (Wildman–Crippen LogP) is 0.380. The van der Waals surface area contributed by atoms with Crippen LogP contribution in [-0.2, 0) is 4.79 Å². The third-order valence-corrected chi connectivity index (χ3v) is 2.36. The van der Waals surface area contributed by atoms with E-state index in [2.05, 4.69) is 0 Å². The van der Waals surface area contributed by atoms with Crippen LogP contribution in [0.25, 0.3) is 0 Å². The van der Waals surface area contributed by atoms with E-state index in [1.807, 2.05) is 11.8 Å². The first kappa shape index (κ1) is 8.68. The number of carbonyl (C=O) groups is 1. The maximum absolute atomic E-state index is 10.6. The number of likely N-dealkylation sites (tertiary alicyclic amines) is 1. The molecule has 1 saturated heterocycles. The van der Waals surface area contributed by atoms with E-state index in [0.29, 0.717) is 12.7 Å². The van der Waals surface area contributed by atoms with Crippen molar-refractivity contribution >= 4 is 6.29 Å². The second-order valence-corrected chi connectivity index (χ2v) is 3.04. The largest absolute Gasteiger partial charge is 0.369 e. The number of rotatable bonds is 3. The molecule has 1 aliphatic heterocycles. The number of carbonyl (C=O) groups excluding carboxylic acids is 1. The first-order chi connectivity index (χ1) is 5.23. The lowest BCUT2D eigenvalue weighted by atomic mass is 10.1. The van der Waals surface area contributed by atoms with Gasteiger partial charge in [0.25, 0.3) is 0 Å². The molecular formula is C8H15NO2. The molecule has 0 aromatic rings. The Morgan fingerprint density at radius 1 is 1.55 bits per heavy atom. The SMILES string of the molecule is CCC(O)(C=O)N1CCCC1. The highest BCUT2D eigenvalue weighted by molar-refractivity contribution is 5.61. The molecule has 11 heavy (non-hydrogen) atoms. The summed E-state index contributed by atoms with van der Waals surface area (Å²) < 4.78 is 0. The van der Waals surface area contributed by atoms with Gasteiger partial charge < -0.3 is 5.11 Å². The van der Waals surface area contributed by atoms with Crippen LogP contribution in [0.3, 0.4) is 0 Å². The fraction of sp³-hybridized carbons (Fsp3) is 0.875. The van der Waals surface area contributed by atoms with E-state index in [1.165, 1.54) is 0 Å². The molecule has 3 nitrogen and oxygen atoms in total. The minimum atomic E-state index is -1.18. The summed E-state index contributed by atoms with van der Waals surface area (Å²) in [5.41, 5.74) is -1.18. The maximum Gasteiger partial charge on any atom is 0.174 e. The summed E-state index contributed by atoms with van der Waals surface area (Å²) in [6.45, 7) is 3.53. The van der Waals surface area contributed by atoms with Crippen molar-refractivity contribution in [1.29, 1.82) is 0 Å². The van der Waals surface area contributed by atoms with Gasteiger partial charge in [-0.05, 0) is 19.3 Å². The van der Waals surface area contributed by atoms with E-state index >= 15 is 0 Å². The van der Waals surface area contributed by atoms with Crippen molar-refractivity contribution in [3.8, 4) is 0 Å². The summed E-state index contributed by atoms with van der Waals surface area (Å²) in [5.74, 6) is 0. The van der Waals surface area contributed by atoms with Gasteiger partial charge in [0.1, 0.15) is 0 Å². The summed E-state index contributed by atoms with van der Waals surface area (Å²) in [5, 5.41) is 9.69. The average Bonchev–Trinajstić information content (AvgIpc) is 2.55. The van der Waals surface area contributed by atoms with Crippen LogP contribution in [0.4, 0.5) is 0 Å². The molecule has 1 fully saturated rings. The minimum absolute atomic E-state index is 0.483. The first-order valence-electron chi connectivity index (χ1n) is 4.16. The lowest BCUT2D eigenvalue weighted by Crippen LogP contribution is -2.48. The molecule has 64 valence electrons. The van der Waals surface area contributed by atoms with Gasteiger partial charge in [-0.15, -0.1) is 0 Å². The summed E-state index contributed by atoms with van der Waals surface area (Å²) in [7, 11) is 0. The van der Waals surface area contributed by atoms with E-state index in [1.54, 1.807) is 0 Å². The smallest absolute Gasteiger partial charge is 0.174 e. The Kier molecular flexibility index (Phi) is 2.62. The van der Waals surface area contributed by atoms with Crippen molar-refractivity contribution in [1.82, 2.24) is 4.90 Å². The molecule has 0 aromatic heterocycles. The van der Waals surface area contributed by atoms with E-state index in [9.17, 15) is 9.90 Å². The molecule has 1 heterocycles. The molecule has 1 rings (SSSR count). The number of aldehydes is 1. The molecule has 1 unspecified atom stereocenters. The molecule has 0 radical (unpaired) electrons. The highest BCUT2D eigenvalue weighted by atomic mass is 16.3. The standard InChI is InChI=1S/C8H15NO2/c1-2-8(11,7-10)9-5-3-4-6-9/h7,11H,2-6H2,1H3. The normalized spacial score (nSPS) is 24.9. The zero-order valence-electron chi connectivity index (χ0n) is 6.92. The van der Waals surface area contributed by atoms with Crippen molar-refractivity contribution in [3.63, 3.8) is 0 Å². The van der Waals surface area contributed by atoms with E-state index in [0.717, 1.165) is 25.9 Å². The van der Waals surface area contributed by atoms with Crippen molar-refractivity contribution in [2.75, 3.05) is 13.1 Å². The van der Waals surface area contributed by atoms with Crippen molar-refractivity contribution < 1.29 is 9.90 Å². The monoisotopic (exact) mass is 157 g/mol. The van der Waals surface area contributed by atoms with E-state index < -0.39 is 5.72 Å². The van der Waals surface area contributed by atoms with Crippen LogP contribution in [0.2, 0.25) is 0 Å². The van der Waals surface area contributed by atoms with Crippen LogP contribution < -0.4 is 0 Å². The topological polar surface area (TPSA) is 40.5 Å². The van der Waals surface area contributed by atoms with Gasteiger partial charge in [-0.3, -0.25) is 9.69 Å². The van der Waals surface area contributed by atoms with Crippen LogP contribution in [0.1, 0.15) is 26.2 Å². The Labute approximate surface area is 67.0 Å². The summed E-state index contributed by atoms with van der Waals surface area (Å²) >= 11 is 0. The fourth-order valence-electron chi connectivity index (χ4n) is 1.49. The Hall–Kier alpha value is -0.410. The van der Waals surface area contributed by atoms with Crippen molar-refractivity contribution in [2.45, 2.75) is 31.9 Å². The van der Waals surface area contributed by atoms with Crippen LogP contribution in [0.15, 0.2) is 0 Å². The molecular weight excluding hydrogens is 142 g/mol. The number of hydrogen-bond donors (Lipinski definition) is 1. The highest BCUT2D eigenvalue weighted by Crippen LogP contribution is 2.19. The Bertz CT molecular complexity index is 143. The van der Waals surface area contributed by atoms with Gasteiger partial charge in [-0.2, -0.15) is 0 Å². The number of nitrogens with zero attached hydrogens (tertiary/aromatic N) is 1. The van der Waals surface area contributed by atoms with Crippen LogP contribution >= 0.6 is 0 Å². The fourth-order valence-corrected chi connectivity index (χ4v) is 1.49. The first-order valence-corrected chi connectivity index (χ1v) is 4.16. The van der Waals surface area contributed by atoms with Gasteiger partial charge in [-0.25, -0.2) is 0 Å². The van der Waals surface area contributed by atoms with Gasteiger partial charge in [0.05, 0.1) is 0 Å². The third kappa shape index (κ3) is 1.60. The van der Waals surface area contributed by atoms with Gasteiger partial charge in [0.15, 0.2) is 12.0 Å². The van der Waals surface area contributed by atoms with Gasteiger partial charge in [0.2, 0.25) is 0 Å². The second-order valence-electron chi connectivity index (χ2n) is 3.04. The summed E-state index contributed by atoms with van der Waals surface area (Å²) in [6.07, 6.45) is 3.32. The lowest BCUT2D eigenvalue weighted by Gasteiger charge is -2.30. The molecule has 0 saturated carbocycles. The molecule has 0 amide bonds. The number of aliphatic hydroxyl groups is 1. The molecule has 0 bridgehead atoms. The van der Waals surface area contributed by atoms with Gasteiger partial charge in [-0.1, -0.05) is 6.92 Å². The van der Waals surface area contributed by atoms with E-state index in [-0.39, 0.29) is 0 Å². The van der Waals surface area contributed by atoms with Gasteiger partial charge in [0, 0.05) is 13.1 Å². The zero-order valence-corrected chi connectivity index (χ0v) is 6.92. The second kappa shape index (κ2) is 3.32. The quantitative estimate of drug-likeness (QED) is 0.602. The molecule has 3 heteroatoms. The molecule has 1 atom stereocenters. The third-order valence-electron chi connectivity index (χ3n) is 2.36. The highest BCUT2D eigenvalue weighted by Gasteiger charge is 2.33. The minimum Gasteiger partial charge on any atom is -0.369 e. The van der Waals surface area contributed by atoms with E-state index in [4.69, 9.17) is 0 Å². The summed E-state index contributed by atoms with van der Waals surface area (Å²) in [4.78, 5) is 12.4. The average molecular weight is 157 g/mol. The molecule has 1 N–H and O–H groups in total. The van der Waals surface area contributed by atoms with Gasteiger partial charge >= 0.3 is 0 Å². The van der Waals surface area contributed by atoms with Crippen LogP contribution in [0.5, 0.6) is 0 Å². The zero-order chi connectivity index (χ0) is 8.32. The Morgan fingerprint density at radius 3 is 2.45 bits per heavy atom. The van der Waals surface area contributed by atoms with Crippen LogP contribution in [-0.4, -0.2) is 35.1 Å². The van der Waals surface area contributed by atoms with Crippen molar-refractivity contribution in [2.24, 2.45) is 0 Å². The predicted molar refractivity (Wildman–Crippen MR) is 42.1 cm³/mol. The molecule has 0 aromatic carbocycles. The van der Waals surface area contributed by atoms with Crippen molar-refractivity contribution in [3.05, 3.63) is 0 Å². The Balaban J connectivity index is 2.59. The maximum atomic E-state index is 10.6. The molecule has 0 aliphatic carbocycles. The Morgan fingerprint density at radius 2 is 2.09 bits per heavy atom. The number of hydrogen-bond acceptors (Lipinski definition) is 3.